The van der Waals surface area contributed by atoms with E-state index in [4.69, 9.17) is 10.8 Å². The molecular formula is C30H35FN6. The van der Waals surface area contributed by atoms with Gasteiger partial charge in [-0.3, -0.25) is 9.91 Å². The fourth-order valence-corrected chi connectivity index (χ4v) is 5.03. The van der Waals surface area contributed by atoms with Crippen molar-refractivity contribution >= 4 is 17.2 Å². The van der Waals surface area contributed by atoms with Crippen LogP contribution in [0.5, 0.6) is 0 Å². The summed E-state index contributed by atoms with van der Waals surface area (Å²) >= 11 is 0. The summed E-state index contributed by atoms with van der Waals surface area (Å²) in [6.07, 6.45) is 0. The zero-order valence-electron chi connectivity index (χ0n) is 21.9. The summed E-state index contributed by atoms with van der Waals surface area (Å²) in [6, 6.07) is 23.5. The van der Waals surface area contributed by atoms with Gasteiger partial charge in [0, 0.05) is 44.0 Å². The number of hydrogen-bond acceptors (Lipinski definition) is 5. The topological polar surface area (TPSA) is 53.6 Å². The number of halogens is 1. The molecule has 0 atom stereocenters. The Labute approximate surface area is 218 Å². The Balaban J connectivity index is 1.43. The maximum absolute atomic E-state index is 13.7. The van der Waals surface area contributed by atoms with E-state index in [1.54, 1.807) is 17.1 Å². The molecule has 2 heterocycles. The summed E-state index contributed by atoms with van der Waals surface area (Å²) in [5, 5.41) is 1.70. The quantitative estimate of drug-likeness (QED) is 0.243. The van der Waals surface area contributed by atoms with Crippen LogP contribution in [0, 0.1) is 12.7 Å². The molecule has 0 fully saturated rings. The summed E-state index contributed by atoms with van der Waals surface area (Å²) in [6.45, 7) is 11.7. The summed E-state index contributed by atoms with van der Waals surface area (Å²) in [5.41, 5.74) is 6.22. The minimum absolute atomic E-state index is 0.268. The van der Waals surface area contributed by atoms with Crippen LogP contribution in [0.15, 0.2) is 72.8 Å². The zero-order valence-corrected chi connectivity index (χ0v) is 21.9. The summed E-state index contributed by atoms with van der Waals surface area (Å²) in [4.78, 5) is 9.81. The Morgan fingerprint density at radius 3 is 2.16 bits per heavy atom. The van der Waals surface area contributed by atoms with Crippen molar-refractivity contribution in [1.82, 2.24) is 14.5 Å². The lowest BCUT2D eigenvalue weighted by Crippen LogP contribution is -2.36. The maximum Gasteiger partial charge on any atom is 0.156 e. The third-order valence-corrected chi connectivity index (χ3v) is 7.15. The highest BCUT2D eigenvalue weighted by atomic mass is 19.1. The minimum Gasteiger partial charge on any atom is -0.372 e. The number of aromatic nitrogens is 2. The number of rotatable bonds is 8. The van der Waals surface area contributed by atoms with E-state index in [2.05, 4.69) is 59.4 Å². The van der Waals surface area contributed by atoms with E-state index in [1.807, 2.05) is 24.3 Å². The van der Waals surface area contributed by atoms with Crippen molar-refractivity contribution in [2.75, 3.05) is 29.5 Å². The first-order valence-corrected chi connectivity index (χ1v) is 13.0. The Bertz CT molecular complexity index is 1320. The molecule has 3 aromatic carbocycles. The number of fused-ring (bicyclic) bond motifs is 1. The van der Waals surface area contributed by atoms with Crippen molar-refractivity contribution in [3.8, 4) is 11.3 Å². The van der Waals surface area contributed by atoms with E-state index in [1.165, 1.54) is 28.9 Å². The van der Waals surface area contributed by atoms with E-state index in [-0.39, 0.29) is 5.82 Å². The number of nitrogens with two attached hydrogens (primary N) is 1. The van der Waals surface area contributed by atoms with Gasteiger partial charge in [-0.2, -0.15) is 0 Å². The van der Waals surface area contributed by atoms with Gasteiger partial charge in [-0.05, 0) is 74.9 Å². The predicted molar refractivity (Wildman–Crippen MR) is 149 cm³/mol. The van der Waals surface area contributed by atoms with Gasteiger partial charge in [0.15, 0.2) is 5.82 Å². The third kappa shape index (κ3) is 5.24. The monoisotopic (exact) mass is 498 g/mol. The molecule has 6 nitrogen and oxygen atoms in total. The van der Waals surface area contributed by atoms with Crippen LogP contribution in [0.25, 0.3) is 11.3 Å². The number of benzene rings is 3. The molecule has 2 N–H and O–H groups in total. The molecule has 0 saturated heterocycles. The number of anilines is 3. The van der Waals surface area contributed by atoms with Crippen molar-refractivity contribution in [2.24, 2.45) is 5.84 Å². The van der Waals surface area contributed by atoms with Crippen molar-refractivity contribution in [1.29, 1.82) is 0 Å². The van der Waals surface area contributed by atoms with E-state index in [0.29, 0.717) is 6.54 Å². The molecule has 4 aromatic rings. The van der Waals surface area contributed by atoms with E-state index >= 15 is 0 Å². The molecule has 7 heteroatoms. The molecule has 0 spiro atoms. The average molecular weight is 499 g/mol. The standard InChI is InChI=1S/C30H35FN6/c1-4-35(5-2)26-16-8-23(9-17-26)20-34-18-19-36-28(21-34)33-29(24-10-12-25(31)13-11-24)30(36)37(32)27-14-6-22(3)7-15-27/h6-17H,4-5,18-21,32H2,1-3H3. The Kier molecular flexibility index (Phi) is 7.26. The molecule has 1 aliphatic heterocycles. The van der Waals surface area contributed by atoms with Gasteiger partial charge < -0.3 is 9.47 Å². The van der Waals surface area contributed by atoms with Crippen LogP contribution in [0.1, 0.15) is 30.8 Å². The van der Waals surface area contributed by atoms with Gasteiger partial charge in [0.2, 0.25) is 0 Å². The molecule has 1 aromatic heterocycles. The second kappa shape index (κ2) is 10.7. The second-order valence-corrected chi connectivity index (χ2v) is 9.61. The molecule has 0 radical (unpaired) electrons. The van der Waals surface area contributed by atoms with Gasteiger partial charge in [-0.25, -0.2) is 15.2 Å². The van der Waals surface area contributed by atoms with Gasteiger partial charge in [0.05, 0.1) is 12.2 Å². The van der Waals surface area contributed by atoms with Crippen LogP contribution >= 0.6 is 0 Å². The second-order valence-electron chi connectivity index (χ2n) is 9.61. The SMILES string of the molecule is CCN(CC)c1ccc(CN2CCn3c(nc(-c4ccc(F)cc4)c3N(N)c3ccc(C)cc3)C2)cc1. The summed E-state index contributed by atoms with van der Waals surface area (Å²) < 4.78 is 15.9. The Morgan fingerprint density at radius 2 is 1.51 bits per heavy atom. The molecule has 0 aliphatic carbocycles. The molecular weight excluding hydrogens is 463 g/mol. The predicted octanol–water partition coefficient (Wildman–Crippen LogP) is 5.87. The van der Waals surface area contributed by atoms with Crippen LogP contribution in [0.2, 0.25) is 0 Å². The minimum atomic E-state index is -0.268. The first kappa shape index (κ1) is 25.0. The van der Waals surface area contributed by atoms with Crippen LogP contribution in [-0.2, 0) is 19.6 Å². The molecule has 0 unspecified atom stereocenters. The normalized spacial score (nSPS) is 13.4. The highest BCUT2D eigenvalue weighted by Crippen LogP contribution is 2.36. The highest BCUT2D eigenvalue weighted by molar-refractivity contribution is 5.77. The molecule has 0 amide bonds. The van der Waals surface area contributed by atoms with Gasteiger partial charge in [-0.1, -0.05) is 29.8 Å². The van der Waals surface area contributed by atoms with Crippen molar-refractivity contribution in [3.05, 3.63) is 95.6 Å². The van der Waals surface area contributed by atoms with Gasteiger partial charge in [0.1, 0.15) is 17.3 Å². The van der Waals surface area contributed by atoms with Crippen LogP contribution in [0.3, 0.4) is 0 Å². The van der Waals surface area contributed by atoms with Gasteiger partial charge in [0.25, 0.3) is 0 Å². The fraction of sp³-hybridized carbons (Fsp3) is 0.300. The Morgan fingerprint density at radius 1 is 0.865 bits per heavy atom. The zero-order chi connectivity index (χ0) is 25.9. The number of hydrazine groups is 1. The van der Waals surface area contributed by atoms with Gasteiger partial charge in [-0.15, -0.1) is 0 Å². The van der Waals surface area contributed by atoms with Crippen LogP contribution in [-0.4, -0.2) is 34.1 Å². The summed E-state index contributed by atoms with van der Waals surface area (Å²) in [5.74, 6) is 8.22. The van der Waals surface area contributed by atoms with E-state index in [9.17, 15) is 4.39 Å². The lowest BCUT2D eigenvalue weighted by Gasteiger charge is -2.30. The first-order valence-electron chi connectivity index (χ1n) is 13.0. The lowest BCUT2D eigenvalue weighted by atomic mass is 10.1. The third-order valence-electron chi connectivity index (χ3n) is 7.15. The number of aryl methyl sites for hydroxylation is 1. The first-order chi connectivity index (χ1) is 18.0. The fourth-order valence-electron chi connectivity index (χ4n) is 5.03. The van der Waals surface area contributed by atoms with Gasteiger partial charge >= 0.3 is 0 Å². The molecule has 0 bridgehead atoms. The lowest BCUT2D eigenvalue weighted by molar-refractivity contribution is 0.209. The molecule has 0 saturated carbocycles. The molecule has 5 rings (SSSR count). The van der Waals surface area contributed by atoms with Crippen molar-refractivity contribution in [3.63, 3.8) is 0 Å². The number of imidazole rings is 1. The Hall–Kier alpha value is -3.68. The van der Waals surface area contributed by atoms with E-state index in [0.717, 1.165) is 61.3 Å². The van der Waals surface area contributed by atoms with Crippen LogP contribution < -0.4 is 15.8 Å². The largest absolute Gasteiger partial charge is 0.372 e. The average Bonchev–Trinajstić information content (AvgIpc) is 3.29. The van der Waals surface area contributed by atoms with Crippen LogP contribution in [0.4, 0.5) is 21.6 Å². The summed E-state index contributed by atoms with van der Waals surface area (Å²) in [7, 11) is 0. The maximum atomic E-state index is 13.7. The molecule has 192 valence electrons. The smallest absolute Gasteiger partial charge is 0.156 e. The molecule has 37 heavy (non-hydrogen) atoms. The molecule has 1 aliphatic rings. The van der Waals surface area contributed by atoms with Crippen molar-refractivity contribution < 1.29 is 4.39 Å². The highest BCUT2D eigenvalue weighted by Gasteiger charge is 2.27. The number of hydrogen-bond donors (Lipinski definition) is 1. The van der Waals surface area contributed by atoms with E-state index < -0.39 is 0 Å². The number of nitrogens with zero attached hydrogens (tertiary/aromatic N) is 5. The van der Waals surface area contributed by atoms with Crippen molar-refractivity contribution in [2.45, 2.75) is 40.4 Å².